The lowest BCUT2D eigenvalue weighted by Crippen LogP contribution is -2.55. The molecule has 2 aromatic rings. The Hall–Kier alpha value is -2.43. The number of amides is 1. The monoisotopic (exact) mass is 389 g/mol. The minimum Gasteiger partial charge on any atom is -0.308 e. The highest BCUT2D eigenvalue weighted by atomic mass is 16.2. The molecule has 1 amide bonds. The smallest absolute Gasteiger partial charge is 0.244 e. The van der Waals surface area contributed by atoms with Crippen molar-refractivity contribution in [2.45, 2.75) is 32.4 Å². The van der Waals surface area contributed by atoms with Gasteiger partial charge in [-0.2, -0.15) is 0 Å². The maximum atomic E-state index is 13.3. The fraction of sp³-hybridized carbons (Fsp3) is 0.400. The SMILES string of the molecule is CC(C(=O)N1c2ccccc2CC1C)N1CCN(CC=Cc2ccccc2)CC1. The van der Waals surface area contributed by atoms with Gasteiger partial charge in [-0.05, 0) is 37.5 Å². The highest BCUT2D eigenvalue weighted by Crippen LogP contribution is 2.32. The molecule has 4 heteroatoms. The lowest BCUT2D eigenvalue weighted by molar-refractivity contribution is -0.124. The van der Waals surface area contributed by atoms with Crippen LogP contribution in [0.2, 0.25) is 0 Å². The maximum absolute atomic E-state index is 13.3. The summed E-state index contributed by atoms with van der Waals surface area (Å²) in [5, 5.41) is 0. The molecule has 0 aromatic heterocycles. The second kappa shape index (κ2) is 8.93. The molecule has 2 aromatic carbocycles. The predicted molar refractivity (Wildman–Crippen MR) is 120 cm³/mol. The molecule has 1 saturated heterocycles. The number of rotatable bonds is 5. The Kier molecular flexibility index (Phi) is 6.12. The van der Waals surface area contributed by atoms with Gasteiger partial charge in [-0.3, -0.25) is 14.6 Å². The molecule has 0 saturated carbocycles. The van der Waals surface area contributed by atoms with Gasteiger partial charge in [0.05, 0.1) is 6.04 Å². The van der Waals surface area contributed by atoms with Gasteiger partial charge in [0, 0.05) is 44.5 Å². The number of anilines is 1. The van der Waals surface area contributed by atoms with Crippen LogP contribution in [0, 0.1) is 0 Å². The molecule has 0 N–H and O–H groups in total. The van der Waals surface area contributed by atoms with Gasteiger partial charge in [-0.1, -0.05) is 60.7 Å². The summed E-state index contributed by atoms with van der Waals surface area (Å²) in [6.07, 6.45) is 5.38. The number of carbonyl (C=O) groups excluding carboxylic acids is 1. The predicted octanol–water partition coefficient (Wildman–Crippen LogP) is 3.68. The van der Waals surface area contributed by atoms with Crippen molar-refractivity contribution in [1.82, 2.24) is 9.80 Å². The first kappa shape index (κ1) is 19.9. The zero-order valence-electron chi connectivity index (χ0n) is 17.5. The maximum Gasteiger partial charge on any atom is 0.244 e. The van der Waals surface area contributed by atoms with Gasteiger partial charge in [-0.15, -0.1) is 0 Å². The van der Waals surface area contributed by atoms with Gasteiger partial charge in [0.25, 0.3) is 0 Å². The van der Waals surface area contributed by atoms with E-state index in [1.54, 1.807) is 0 Å². The molecule has 29 heavy (non-hydrogen) atoms. The third-order valence-corrected chi connectivity index (χ3v) is 6.23. The number of piperazine rings is 1. The summed E-state index contributed by atoms with van der Waals surface area (Å²) in [6.45, 7) is 9.07. The Morgan fingerprint density at radius 2 is 1.72 bits per heavy atom. The van der Waals surface area contributed by atoms with Gasteiger partial charge < -0.3 is 4.90 Å². The quantitative estimate of drug-likeness (QED) is 0.780. The number of hydrogen-bond donors (Lipinski definition) is 0. The first-order valence-electron chi connectivity index (χ1n) is 10.7. The number of carbonyl (C=O) groups is 1. The number of hydrogen-bond acceptors (Lipinski definition) is 3. The lowest BCUT2D eigenvalue weighted by atomic mass is 10.1. The van der Waals surface area contributed by atoms with Crippen molar-refractivity contribution < 1.29 is 4.79 Å². The van der Waals surface area contributed by atoms with Gasteiger partial charge in [0.1, 0.15) is 0 Å². The molecule has 1 fully saturated rings. The molecule has 152 valence electrons. The molecule has 0 radical (unpaired) electrons. The minimum atomic E-state index is -0.0781. The van der Waals surface area contributed by atoms with E-state index in [0.29, 0.717) is 0 Å². The van der Waals surface area contributed by atoms with E-state index in [1.165, 1.54) is 11.1 Å². The second-order valence-corrected chi connectivity index (χ2v) is 8.22. The number of nitrogens with zero attached hydrogens (tertiary/aromatic N) is 3. The minimum absolute atomic E-state index is 0.0781. The molecule has 2 heterocycles. The van der Waals surface area contributed by atoms with Crippen molar-refractivity contribution in [3.8, 4) is 0 Å². The summed E-state index contributed by atoms with van der Waals surface area (Å²) in [5.74, 6) is 0.236. The zero-order chi connectivity index (χ0) is 20.2. The largest absolute Gasteiger partial charge is 0.308 e. The molecule has 2 unspecified atom stereocenters. The van der Waals surface area contributed by atoms with E-state index >= 15 is 0 Å². The summed E-state index contributed by atoms with van der Waals surface area (Å²) in [7, 11) is 0. The normalized spacial score (nSPS) is 21.4. The topological polar surface area (TPSA) is 26.8 Å². The van der Waals surface area contributed by atoms with Crippen molar-refractivity contribution in [2.24, 2.45) is 0 Å². The summed E-state index contributed by atoms with van der Waals surface area (Å²) < 4.78 is 0. The lowest BCUT2D eigenvalue weighted by Gasteiger charge is -2.38. The van der Waals surface area contributed by atoms with Crippen LogP contribution >= 0.6 is 0 Å². The first-order valence-corrected chi connectivity index (χ1v) is 10.7. The molecule has 2 aliphatic heterocycles. The molecule has 0 aliphatic carbocycles. The van der Waals surface area contributed by atoms with E-state index in [2.05, 4.69) is 78.3 Å². The van der Waals surface area contributed by atoms with E-state index in [1.807, 2.05) is 17.0 Å². The van der Waals surface area contributed by atoms with Gasteiger partial charge in [-0.25, -0.2) is 0 Å². The van der Waals surface area contributed by atoms with E-state index in [9.17, 15) is 4.79 Å². The first-order chi connectivity index (χ1) is 14.1. The van der Waals surface area contributed by atoms with Crippen molar-refractivity contribution in [1.29, 1.82) is 0 Å². The zero-order valence-corrected chi connectivity index (χ0v) is 17.5. The van der Waals surface area contributed by atoms with Crippen molar-refractivity contribution in [3.05, 3.63) is 71.8 Å². The van der Waals surface area contributed by atoms with Crippen LogP contribution in [0.3, 0.4) is 0 Å². The third kappa shape index (κ3) is 4.44. The Labute approximate surface area is 174 Å². The third-order valence-electron chi connectivity index (χ3n) is 6.23. The van der Waals surface area contributed by atoms with E-state index in [0.717, 1.165) is 44.8 Å². The number of benzene rings is 2. The fourth-order valence-electron chi connectivity index (χ4n) is 4.49. The van der Waals surface area contributed by atoms with Crippen molar-refractivity contribution in [3.63, 3.8) is 0 Å². The number of para-hydroxylation sites is 1. The number of fused-ring (bicyclic) bond motifs is 1. The molecular formula is C25H31N3O. The second-order valence-electron chi connectivity index (χ2n) is 8.22. The molecule has 2 atom stereocenters. The molecule has 4 nitrogen and oxygen atoms in total. The highest BCUT2D eigenvalue weighted by molar-refractivity contribution is 5.99. The van der Waals surface area contributed by atoms with E-state index in [4.69, 9.17) is 0 Å². The summed E-state index contributed by atoms with van der Waals surface area (Å²) in [5.41, 5.74) is 3.63. The van der Waals surface area contributed by atoms with Crippen LogP contribution in [0.1, 0.15) is 25.0 Å². The Bertz CT molecular complexity index is 855. The van der Waals surface area contributed by atoms with Gasteiger partial charge in [0.15, 0.2) is 0 Å². The molecule has 2 aliphatic rings. The fourth-order valence-corrected chi connectivity index (χ4v) is 4.49. The molecule has 0 bridgehead atoms. The van der Waals surface area contributed by atoms with E-state index < -0.39 is 0 Å². The van der Waals surface area contributed by atoms with Gasteiger partial charge >= 0.3 is 0 Å². The van der Waals surface area contributed by atoms with Crippen LogP contribution < -0.4 is 4.90 Å². The Balaban J connectivity index is 1.30. The van der Waals surface area contributed by atoms with Crippen LogP contribution in [0.4, 0.5) is 5.69 Å². The van der Waals surface area contributed by atoms with E-state index in [-0.39, 0.29) is 18.0 Å². The summed E-state index contributed by atoms with van der Waals surface area (Å²) in [4.78, 5) is 20.1. The molecular weight excluding hydrogens is 358 g/mol. The average molecular weight is 390 g/mol. The average Bonchev–Trinajstić information content (AvgIpc) is 3.09. The van der Waals surface area contributed by atoms with Crippen molar-refractivity contribution in [2.75, 3.05) is 37.6 Å². The molecule has 4 rings (SSSR count). The van der Waals surface area contributed by atoms with Crippen LogP contribution in [0.15, 0.2) is 60.7 Å². The van der Waals surface area contributed by atoms with Gasteiger partial charge in [0.2, 0.25) is 5.91 Å². The Morgan fingerprint density at radius 1 is 1.03 bits per heavy atom. The molecule has 0 spiro atoms. The standard InChI is InChI=1S/C25H31N3O/c1-20-19-23-12-6-7-13-24(23)28(20)25(29)21(2)27-17-15-26(16-18-27)14-8-11-22-9-4-3-5-10-22/h3-13,20-21H,14-19H2,1-2H3. The highest BCUT2D eigenvalue weighted by Gasteiger charge is 2.35. The Morgan fingerprint density at radius 3 is 2.48 bits per heavy atom. The van der Waals surface area contributed by atoms with Crippen LogP contribution in [0.25, 0.3) is 6.08 Å². The van der Waals surface area contributed by atoms with Crippen LogP contribution in [-0.2, 0) is 11.2 Å². The van der Waals surface area contributed by atoms with Crippen molar-refractivity contribution >= 4 is 17.7 Å². The summed E-state index contributed by atoms with van der Waals surface area (Å²) >= 11 is 0. The van der Waals surface area contributed by atoms with Crippen LogP contribution in [-0.4, -0.2) is 60.5 Å². The summed E-state index contributed by atoms with van der Waals surface area (Å²) in [6, 6.07) is 18.9. The van der Waals surface area contributed by atoms with Crippen LogP contribution in [0.5, 0.6) is 0 Å².